The Labute approximate surface area is 162 Å². The van der Waals surface area contributed by atoms with Crippen LogP contribution in [0.1, 0.15) is 22.3 Å². The van der Waals surface area contributed by atoms with E-state index < -0.39 is 0 Å². The summed E-state index contributed by atoms with van der Waals surface area (Å²) in [7, 11) is 1.65. The van der Waals surface area contributed by atoms with Gasteiger partial charge in [0.05, 0.1) is 7.11 Å². The van der Waals surface area contributed by atoms with E-state index in [0.29, 0.717) is 0 Å². The molecule has 142 valence electrons. The summed E-state index contributed by atoms with van der Waals surface area (Å²) in [5.74, 6) is 0.849. The number of nitrogens with zero attached hydrogens (tertiary/aromatic N) is 2. The van der Waals surface area contributed by atoms with Crippen molar-refractivity contribution in [3.8, 4) is 5.75 Å². The fourth-order valence-corrected chi connectivity index (χ4v) is 3.41. The average molecular weight is 364 g/mol. The van der Waals surface area contributed by atoms with Crippen LogP contribution in [0, 0.1) is 13.8 Å². The Kier molecular flexibility index (Phi) is 6.30. The number of amides is 1. The van der Waals surface area contributed by atoms with E-state index in [1.54, 1.807) is 13.2 Å². The third kappa shape index (κ3) is 4.98. The van der Waals surface area contributed by atoms with E-state index in [0.717, 1.165) is 49.6 Å². The summed E-state index contributed by atoms with van der Waals surface area (Å²) in [6, 6.07) is 14.5. The molecule has 0 aromatic heterocycles. The van der Waals surface area contributed by atoms with E-state index >= 15 is 0 Å². The zero-order valence-corrected chi connectivity index (χ0v) is 16.4. The van der Waals surface area contributed by atoms with Gasteiger partial charge in [0.15, 0.2) is 0 Å². The van der Waals surface area contributed by atoms with Gasteiger partial charge in [0.25, 0.3) is 0 Å². The summed E-state index contributed by atoms with van der Waals surface area (Å²) < 4.78 is 5.38. The second-order valence-electron chi connectivity index (χ2n) is 7.11. The summed E-state index contributed by atoms with van der Waals surface area (Å²) in [6.45, 7) is 8.47. The topological polar surface area (TPSA) is 32.8 Å². The first-order valence-electron chi connectivity index (χ1n) is 9.45. The maximum atomic E-state index is 12.6. The average Bonchev–Trinajstić information content (AvgIpc) is 2.68. The lowest BCUT2D eigenvalue weighted by atomic mass is 10.1. The number of benzene rings is 2. The lowest BCUT2D eigenvalue weighted by Crippen LogP contribution is -2.47. The molecule has 0 spiro atoms. The number of methoxy groups -OCH3 is 1. The zero-order chi connectivity index (χ0) is 19.2. The predicted octanol–water partition coefficient (Wildman–Crippen LogP) is 3.67. The molecule has 3 rings (SSSR count). The lowest BCUT2D eigenvalue weighted by Gasteiger charge is -2.34. The van der Waals surface area contributed by atoms with Crippen LogP contribution in [0.3, 0.4) is 0 Å². The standard InChI is InChI=1S/C23H28N2O2/c1-18-8-10-22(27-3)20(16-18)9-11-23(26)25-14-12-24(13-15-25)17-21-7-5-4-6-19(21)2/h4-11,16H,12-15,17H2,1-3H3/b11-9+. The minimum Gasteiger partial charge on any atom is -0.496 e. The van der Waals surface area contributed by atoms with Gasteiger partial charge in [0, 0.05) is 44.4 Å². The van der Waals surface area contributed by atoms with Crippen molar-refractivity contribution in [3.63, 3.8) is 0 Å². The molecule has 0 bridgehead atoms. The largest absolute Gasteiger partial charge is 0.496 e. The highest BCUT2D eigenvalue weighted by Crippen LogP contribution is 2.21. The van der Waals surface area contributed by atoms with E-state index in [2.05, 4.69) is 36.1 Å². The van der Waals surface area contributed by atoms with Crippen LogP contribution in [0.15, 0.2) is 48.5 Å². The number of hydrogen-bond donors (Lipinski definition) is 0. The van der Waals surface area contributed by atoms with Gasteiger partial charge in [-0.05, 0) is 43.2 Å². The Balaban J connectivity index is 1.56. The number of carbonyl (C=O) groups excluding carboxylic acids is 1. The number of piperazine rings is 1. The van der Waals surface area contributed by atoms with Crippen molar-refractivity contribution in [2.24, 2.45) is 0 Å². The third-order valence-corrected chi connectivity index (χ3v) is 5.13. The van der Waals surface area contributed by atoms with Gasteiger partial charge in [-0.15, -0.1) is 0 Å². The van der Waals surface area contributed by atoms with E-state index in [1.165, 1.54) is 11.1 Å². The Bertz CT molecular complexity index is 821. The molecule has 2 aromatic carbocycles. The molecular formula is C23H28N2O2. The van der Waals surface area contributed by atoms with E-state index in [1.807, 2.05) is 36.1 Å². The van der Waals surface area contributed by atoms with Crippen LogP contribution < -0.4 is 4.74 Å². The molecule has 0 unspecified atom stereocenters. The number of rotatable bonds is 5. The first-order chi connectivity index (χ1) is 13.1. The van der Waals surface area contributed by atoms with Crippen molar-refractivity contribution in [2.75, 3.05) is 33.3 Å². The lowest BCUT2D eigenvalue weighted by molar-refractivity contribution is -0.127. The number of carbonyl (C=O) groups is 1. The van der Waals surface area contributed by atoms with Crippen LogP contribution in [0.25, 0.3) is 6.08 Å². The summed E-state index contributed by atoms with van der Waals surface area (Å²) in [5.41, 5.74) is 4.77. The van der Waals surface area contributed by atoms with Gasteiger partial charge >= 0.3 is 0 Å². The maximum absolute atomic E-state index is 12.6. The highest BCUT2D eigenvalue weighted by Gasteiger charge is 2.20. The maximum Gasteiger partial charge on any atom is 0.246 e. The Hall–Kier alpha value is -2.59. The van der Waals surface area contributed by atoms with Gasteiger partial charge in [0.1, 0.15) is 5.75 Å². The van der Waals surface area contributed by atoms with Crippen LogP contribution in [0.5, 0.6) is 5.75 Å². The molecule has 1 fully saturated rings. The van der Waals surface area contributed by atoms with Crippen LogP contribution >= 0.6 is 0 Å². The molecule has 0 saturated carbocycles. The summed E-state index contributed by atoms with van der Waals surface area (Å²) in [5, 5.41) is 0. The van der Waals surface area contributed by atoms with Crippen molar-refractivity contribution >= 4 is 12.0 Å². The van der Waals surface area contributed by atoms with Gasteiger partial charge in [0.2, 0.25) is 5.91 Å². The van der Waals surface area contributed by atoms with E-state index in [-0.39, 0.29) is 5.91 Å². The summed E-state index contributed by atoms with van der Waals surface area (Å²) >= 11 is 0. The second-order valence-corrected chi connectivity index (χ2v) is 7.11. The summed E-state index contributed by atoms with van der Waals surface area (Å²) in [6.07, 6.45) is 3.52. The number of aryl methyl sites for hydroxylation is 2. The predicted molar refractivity (Wildman–Crippen MR) is 110 cm³/mol. The minimum absolute atomic E-state index is 0.0640. The van der Waals surface area contributed by atoms with E-state index in [9.17, 15) is 4.79 Å². The van der Waals surface area contributed by atoms with Crippen molar-refractivity contribution < 1.29 is 9.53 Å². The van der Waals surface area contributed by atoms with Gasteiger partial charge in [-0.25, -0.2) is 0 Å². The normalized spacial score (nSPS) is 15.3. The second kappa shape index (κ2) is 8.87. The Morgan fingerprint density at radius 2 is 1.81 bits per heavy atom. The first kappa shape index (κ1) is 19.2. The van der Waals surface area contributed by atoms with E-state index in [4.69, 9.17) is 4.74 Å². The van der Waals surface area contributed by atoms with Gasteiger partial charge < -0.3 is 9.64 Å². The molecule has 1 amide bonds. The molecule has 0 N–H and O–H groups in total. The SMILES string of the molecule is COc1ccc(C)cc1/C=C/C(=O)N1CCN(Cc2ccccc2C)CC1. The monoisotopic (exact) mass is 364 g/mol. The quantitative estimate of drug-likeness (QED) is 0.759. The molecule has 2 aromatic rings. The van der Waals surface area contributed by atoms with Crippen LogP contribution in [0.4, 0.5) is 0 Å². The molecule has 4 heteroatoms. The molecule has 1 aliphatic rings. The number of hydrogen-bond acceptors (Lipinski definition) is 3. The molecule has 0 atom stereocenters. The van der Waals surface area contributed by atoms with Crippen molar-refractivity contribution in [1.29, 1.82) is 0 Å². The van der Waals surface area contributed by atoms with Crippen molar-refractivity contribution in [2.45, 2.75) is 20.4 Å². The molecule has 4 nitrogen and oxygen atoms in total. The minimum atomic E-state index is 0.0640. The Morgan fingerprint density at radius 3 is 2.52 bits per heavy atom. The molecule has 1 saturated heterocycles. The Morgan fingerprint density at radius 1 is 1.07 bits per heavy atom. The smallest absolute Gasteiger partial charge is 0.246 e. The molecule has 0 aliphatic carbocycles. The molecule has 1 heterocycles. The van der Waals surface area contributed by atoms with Crippen molar-refractivity contribution in [1.82, 2.24) is 9.80 Å². The highest BCUT2D eigenvalue weighted by molar-refractivity contribution is 5.92. The van der Waals surface area contributed by atoms with Crippen LogP contribution in [0.2, 0.25) is 0 Å². The van der Waals surface area contributed by atoms with Crippen LogP contribution in [-0.4, -0.2) is 49.0 Å². The fraction of sp³-hybridized carbons (Fsp3) is 0.348. The number of ether oxygens (including phenoxy) is 1. The van der Waals surface area contributed by atoms with Crippen molar-refractivity contribution in [3.05, 3.63) is 70.8 Å². The fourth-order valence-electron chi connectivity index (χ4n) is 3.41. The zero-order valence-electron chi connectivity index (χ0n) is 16.4. The van der Waals surface area contributed by atoms with Crippen LogP contribution in [-0.2, 0) is 11.3 Å². The highest BCUT2D eigenvalue weighted by atomic mass is 16.5. The van der Waals surface area contributed by atoms with Gasteiger partial charge in [-0.1, -0.05) is 35.9 Å². The first-order valence-corrected chi connectivity index (χ1v) is 9.45. The van der Waals surface area contributed by atoms with Gasteiger partial charge in [-0.3, -0.25) is 9.69 Å². The molecule has 1 aliphatic heterocycles. The molecule has 0 radical (unpaired) electrons. The molecule has 27 heavy (non-hydrogen) atoms. The summed E-state index contributed by atoms with van der Waals surface area (Å²) in [4.78, 5) is 16.9. The van der Waals surface area contributed by atoms with Gasteiger partial charge in [-0.2, -0.15) is 0 Å². The molecular weight excluding hydrogens is 336 g/mol. The third-order valence-electron chi connectivity index (χ3n) is 5.13.